The van der Waals surface area contributed by atoms with E-state index < -0.39 is 0 Å². The second kappa shape index (κ2) is 8.07. The van der Waals surface area contributed by atoms with Crippen LogP contribution >= 0.6 is 0 Å². The number of hydrogen-bond donors (Lipinski definition) is 0. The molecule has 0 atom stereocenters. The van der Waals surface area contributed by atoms with E-state index in [9.17, 15) is 0 Å². The number of fused-ring (bicyclic) bond motifs is 6. The van der Waals surface area contributed by atoms with Crippen molar-refractivity contribution in [2.45, 2.75) is 27.2 Å². The van der Waals surface area contributed by atoms with Gasteiger partial charge in [-0.25, -0.2) is 0 Å². The van der Waals surface area contributed by atoms with Gasteiger partial charge in [0.25, 0.3) is 0 Å². The van der Waals surface area contributed by atoms with Gasteiger partial charge in [0.1, 0.15) is 22.3 Å². The summed E-state index contributed by atoms with van der Waals surface area (Å²) >= 11 is 0. The minimum Gasteiger partial charge on any atom is -0.456 e. The molecule has 0 fully saturated rings. The third-order valence-electron chi connectivity index (χ3n) is 7.01. The predicted octanol–water partition coefficient (Wildman–Crippen LogP) is 9.80. The van der Waals surface area contributed by atoms with Crippen molar-refractivity contribution < 1.29 is 8.83 Å². The number of rotatable bonds is 3. The van der Waals surface area contributed by atoms with Crippen molar-refractivity contribution in [3.63, 3.8) is 0 Å². The van der Waals surface area contributed by atoms with Crippen molar-refractivity contribution in [2.75, 3.05) is 0 Å². The van der Waals surface area contributed by atoms with Crippen molar-refractivity contribution in [2.24, 2.45) is 5.41 Å². The van der Waals surface area contributed by atoms with Gasteiger partial charge in [-0.2, -0.15) is 0 Å². The molecule has 4 aromatic carbocycles. The van der Waals surface area contributed by atoms with E-state index in [0.29, 0.717) is 0 Å². The first-order valence-electron chi connectivity index (χ1n) is 12.8. The zero-order chi connectivity index (χ0) is 25.1. The predicted molar refractivity (Wildman–Crippen MR) is 153 cm³/mol. The van der Waals surface area contributed by atoms with Gasteiger partial charge in [-0.1, -0.05) is 75.4 Å². The number of hydrogen-bond acceptors (Lipinski definition) is 3. The molecule has 0 saturated carbocycles. The van der Waals surface area contributed by atoms with Gasteiger partial charge in [0, 0.05) is 38.9 Å². The lowest BCUT2D eigenvalue weighted by molar-refractivity contribution is 0.411. The molecule has 0 aliphatic heterocycles. The normalized spacial score (nSPS) is 12.3. The second-order valence-corrected chi connectivity index (χ2v) is 11.1. The first kappa shape index (κ1) is 21.9. The standard InChI is InChI=1S/C34H27NO2/c1-34(2,3)20-21-9-8-10-22(17-21)27-18-23(15-16-35-27)31-32-25-12-5-7-14-29(25)36-30(32)19-26-24-11-4-6-13-28(24)37-33(26)31/h4-19H,20H2,1-3H3. The second-order valence-electron chi connectivity index (χ2n) is 11.1. The van der Waals surface area contributed by atoms with Crippen LogP contribution in [0.2, 0.25) is 0 Å². The molecule has 3 nitrogen and oxygen atoms in total. The van der Waals surface area contributed by atoms with Crippen LogP contribution in [0.15, 0.2) is 106 Å². The first-order chi connectivity index (χ1) is 17.9. The van der Waals surface area contributed by atoms with E-state index in [0.717, 1.165) is 72.7 Å². The Morgan fingerprint density at radius 1 is 0.649 bits per heavy atom. The fraction of sp³-hybridized carbons (Fsp3) is 0.147. The van der Waals surface area contributed by atoms with Crippen molar-refractivity contribution in [1.82, 2.24) is 4.98 Å². The Morgan fingerprint density at radius 3 is 2.22 bits per heavy atom. The molecule has 37 heavy (non-hydrogen) atoms. The molecule has 0 aliphatic carbocycles. The molecule has 0 bridgehead atoms. The van der Waals surface area contributed by atoms with E-state index in [1.54, 1.807) is 0 Å². The summed E-state index contributed by atoms with van der Waals surface area (Å²) in [5, 5.41) is 4.30. The molecule has 7 aromatic rings. The summed E-state index contributed by atoms with van der Waals surface area (Å²) < 4.78 is 12.9. The average Bonchev–Trinajstić information content (AvgIpc) is 3.44. The van der Waals surface area contributed by atoms with Gasteiger partial charge in [0.2, 0.25) is 0 Å². The maximum atomic E-state index is 6.52. The Morgan fingerprint density at radius 2 is 1.41 bits per heavy atom. The van der Waals surface area contributed by atoms with Crippen molar-refractivity contribution in [3.8, 4) is 22.4 Å². The van der Waals surface area contributed by atoms with Crippen molar-refractivity contribution in [1.29, 1.82) is 0 Å². The van der Waals surface area contributed by atoms with Gasteiger partial charge in [0.05, 0.1) is 5.69 Å². The maximum absolute atomic E-state index is 6.52. The molecular weight excluding hydrogens is 454 g/mol. The molecule has 0 spiro atoms. The zero-order valence-corrected chi connectivity index (χ0v) is 21.2. The summed E-state index contributed by atoms with van der Waals surface area (Å²) in [5.41, 5.74) is 9.20. The highest BCUT2D eigenvalue weighted by Gasteiger charge is 2.21. The summed E-state index contributed by atoms with van der Waals surface area (Å²) in [4.78, 5) is 4.77. The van der Waals surface area contributed by atoms with Gasteiger partial charge in [0.15, 0.2) is 0 Å². The van der Waals surface area contributed by atoms with Crippen LogP contribution in [0.25, 0.3) is 66.3 Å². The first-order valence-corrected chi connectivity index (χ1v) is 12.8. The van der Waals surface area contributed by atoms with Crippen molar-refractivity contribution >= 4 is 43.9 Å². The van der Waals surface area contributed by atoms with E-state index in [1.165, 1.54) is 5.56 Å². The highest BCUT2D eigenvalue weighted by Crippen LogP contribution is 2.45. The van der Waals surface area contributed by atoms with Crippen LogP contribution in [0.4, 0.5) is 0 Å². The van der Waals surface area contributed by atoms with E-state index >= 15 is 0 Å². The maximum Gasteiger partial charge on any atom is 0.144 e. The van der Waals surface area contributed by atoms with E-state index in [4.69, 9.17) is 13.8 Å². The highest BCUT2D eigenvalue weighted by molar-refractivity contribution is 6.23. The number of benzene rings is 4. The smallest absolute Gasteiger partial charge is 0.144 e. The monoisotopic (exact) mass is 481 g/mol. The summed E-state index contributed by atoms with van der Waals surface area (Å²) in [7, 11) is 0. The SMILES string of the molecule is CC(C)(C)Cc1cccc(-c2cc(-c3c4oc5ccccc5c4cc4oc5ccccc5c34)ccn2)c1. The van der Waals surface area contributed by atoms with Crippen LogP contribution in [0.5, 0.6) is 0 Å². The summed E-state index contributed by atoms with van der Waals surface area (Å²) in [6.45, 7) is 6.81. The number of para-hydroxylation sites is 2. The topological polar surface area (TPSA) is 39.2 Å². The fourth-order valence-corrected chi connectivity index (χ4v) is 5.54. The van der Waals surface area contributed by atoms with Crippen LogP contribution in [0.3, 0.4) is 0 Å². The Bertz CT molecular complexity index is 1940. The zero-order valence-electron chi connectivity index (χ0n) is 21.2. The quantitative estimate of drug-likeness (QED) is 0.252. The van der Waals surface area contributed by atoms with Crippen LogP contribution < -0.4 is 0 Å². The minimum absolute atomic E-state index is 0.221. The molecule has 3 heterocycles. The summed E-state index contributed by atoms with van der Waals surface area (Å²) in [6.07, 6.45) is 2.91. The van der Waals surface area contributed by atoms with Crippen LogP contribution in [0.1, 0.15) is 26.3 Å². The molecule has 0 aliphatic rings. The lowest BCUT2D eigenvalue weighted by atomic mass is 9.87. The molecule has 0 saturated heterocycles. The van der Waals surface area contributed by atoms with Gasteiger partial charge < -0.3 is 8.83 Å². The Balaban J connectivity index is 1.51. The number of pyridine rings is 1. The third kappa shape index (κ3) is 3.70. The molecule has 0 amide bonds. The molecule has 7 rings (SSSR count). The Labute approximate surface area is 215 Å². The van der Waals surface area contributed by atoms with E-state index in [-0.39, 0.29) is 5.41 Å². The molecule has 0 radical (unpaired) electrons. The molecular formula is C34H27NO2. The summed E-state index contributed by atoms with van der Waals surface area (Å²) in [5.74, 6) is 0. The minimum atomic E-state index is 0.221. The highest BCUT2D eigenvalue weighted by atomic mass is 16.3. The number of aromatic nitrogens is 1. The van der Waals surface area contributed by atoms with Crippen LogP contribution in [-0.4, -0.2) is 4.98 Å². The van der Waals surface area contributed by atoms with E-state index in [1.807, 2.05) is 30.5 Å². The molecule has 3 heteroatoms. The van der Waals surface area contributed by atoms with Crippen LogP contribution in [-0.2, 0) is 6.42 Å². The molecule has 3 aromatic heterocycles. The third-order valence-corrected chi connectivity index (χ3v) is 7.01. The van der Waals surface area contributed by atoms with Crippen LogP contribution in [0, 0.1) is 5.41 Å². The lowest BCUT2D eigenvalue weighted by Gasteiger charge is -2.18. The van der Waals surface area contributed by atoms with Gasteiger partial charge in [-0.15, -0.1) is 0 Å². The van der Waals surface area contributed by atoms with Gasteiger partial charge in [-0.05, 0) is 59.4 Å². The summed E-state index contributed by atoms with van der Waals surface area (Å²) in [6, 6.07) is 31.5. The largest absolute Gasteiger partial charge is 0.456 e. The number of furan rings is 2. The number of nitrogens with zero attached hydrogens (tertiary/aromatic N) is 1. The Hall–Kier alpha value is -4.37. The lowest BCUT2D eigenvalue weighted by Crippen LogP contribution is -2.09. The van der Waals surface area contributed by atoms with Gasteiger partial charge >= 0.3 is 0 Å². The Kier molecular flexibility index (Phi) is 4.77. The van der Waals surface area contributed by atoms with Gasteiger partial charge in [-0.3, -0.25) is 4.98 Å². The molecule has 0 unspecified atom stereocenters. The average molecular weight is 482 g/mol. The molecule has 180 valence electrons. The van der Waals surface area contributed by atoms with E-state index in [2.05, 4.69) is 87.5 Å². The fourth-order valence-electron chi connectivity index (χ4n) is 5.54. The molecule has 0 N–H and O–H groups in total. The van der Waals surface area contributed by atoms with Crippen molar-refractivity contribution in [3.05, 3.63) is 103 Å².